The molecule has 0 aromatic heterocycles. The Morgan fingerprint density at radius 2 is 1.94 bits per heavy atom. The highest BCUT2D eigenvalue weighted by atomic mass is 19.3. The molecule has 86 valence electrons. The van der Waals surface area contributed by atoms with Gasteiger partial charge in [0.05, 0.1) is 11.0 Å². The summed E-state index contributed by atoms with van der Waals surface area (Å²) in [5.41, 5.74) is -0.285. The molecule has 0 spiro atoms. The van der Waals surface area contributed by atoms with E-state index in [4.69, 9.17) is 0 Å². The molecule has 1 aliphatic heterocycles. The molecular weight excluding hydrogens is 226 g/mol. The molecule has 0 amide bonds. The number of nitro benzene ring substituents is 1. The summed E-state index contributed by atoms with van der Waals surface area (Å²) >= 11 is 0. The van der Waals surface area contributed by atoms with Crippen LogP contribution in [0.3, 0.4) is 0 Å². The Balaban J connectivity index is 2.51. The Labute approximate surface area is 87.9 Å². The number of hydrogen-bond donors (Lipinski definition) is 1. The topological polar surface area (TPSA) is 73.6 Å². The van der Waals surface area contributed by atoms with Crippen molar-refractivity contribution in [2.75, 3.05) is 12.4 Å². The van der Waals surface area contributed by atoms with Crippen molar-refractivity contribution in [3.8, 4) is 11.5 Å². The van der Waals surface area contributed by atoms with E-state index >= 15 is 0 Å². The Bertz CT molecular complexity index is 464. The van der Waals surface area contributed by atoms with E-state index in [9.17, 15) is 18.9 Å². The third-order valence-corrected chi connectivity index (χ3v) is 1.99. The molecule has 8 heteroatoms. The number of alkyl halides is 2. The van der Waals surface area contributed by atoms with E-state index in [1.54, 1.807) is 0 Å². The molecule has 1 heterocycles. The van der Waals surface area contributed by atoms with Crippen LogP contribution in [-0.2, 0) is 0 Å². The van der Waals surface area contributed by atoms with Gasteiger partial charge in [-0.1, -0.05) is 0 Å². The van der Waals surface area contributed by atoms with Gasteiger partial charge in [0.1, 0.15) is 5.69 Å². The summed E-state index contributed by atoms with van der Waals surface area (Å²) in [7, 11) is 1.43. The third-order valence-electron chi connectivity index (χ3n) is 1.99. The van der Waals surface area contributed by atoms with Crippen molar-refractivity contribution in [3.05, 3.63) is 22.2 Å². The summed E-state index contributed by atoms with van der Waals surface area (Å²) in [6, 6.07) is 1.98. The highest BCUT2D eigenvalue weighted by molar-refractivity contribution is 5.68. The van der Waals surface area contributed by atoms with Crippen LogP contribution < -0.4 is 14.8 Å². The van der Waals surface area contributed by atoms with Gasteiger partial charge < -0.3 is 14.8 Å². The average Bonchev–Trinajstić information content (AvgIpc) is 2.48. The van der Waals surface area contributed by atoms with Gasteiger partial charge in [-0.3, -0.25) is 10.1 Å². The molecule has 2 rings (SSSR count). The van der Waals surface area contributed by atoms with Crippen LogP contribution in [0.2, 0.25) is 0 Å². The lowest BCUT2D eigenvalue weighted by atomic mass is 10.2. The Hall–Kier alpha value is -2.12. The number of nitrogens with one attached hydrogen (secondary N) is 1. The van der Waals surface area contributed by atoms with E-state index in [2.05, 4.69) is 14.8 Å². The highest BCUT2D eigenvalue weighted by Gasteiger charge is 2.44. The lowest BCUT2D eigenvalue weighted by Crippen LogP contribution is -2.25. The molecule has 1 aromatic rings. The zero-order valence-electron chi connectivity index (χ0n) is 7.99. The molecular formula is C8H6F2N2O4. The summed E-state index contributed by atoms with van der Waals surface area (Å²) in [6.45, 7) is 0. The van der Waals surface area contributed by atoms with E-state index in [0.717, 1.165) is 12.1 Å². The zero-order chi connectivity index (χ0) is 11.9. The monoisotopic (exact) mass is 232 g/mol. The number of nitro groups is 1. The van der Waals surface area contributed by atoms with Crippen LogP contribution >= 0.6 is 0 Å². The summed E-state index contributed by atoms with van der Waals surface area (Å²) in [6.07, 6.45) is -3.78. The van der Waals surface area contributed by atoms with Gasteiger partial charge in [0.15, 0.2) is 11.5 Å². The standard InChI is InChI=1S/C8H6F2N2O4/c1-11-4-2-6-7(3-5(4)12(13)14)16-8(9,10)15-6/h2-3,11H,1H3. The second-order valence-electron chi connectivity index (χ2n) is 2.99. The maximum Gasteiger partial charge on any atom is 0.586 e. The average molecular weight is 232 g/mol. The first-order chi connectivity index (χ1) is 7.43. The van der Waals surface area contributed by atoms with Gasteiger partial charge in [-0.25, -0.2) is 0 Å². The van der Waals surface area contributed by atoms with Gasteiger partial charge in [-0.2, -0.15) is 0 Å². The first-order valence-corrected chi connectivity index (χ1v) is 4.19. The highest BCUT2D eigenvalue weighted by Crippen LogP contribution is 2.45. The first kappa shape index (κ1) is 10.4. The molecule has 0 bridgehead atoms. The van der Waals surface area contributed by atoms with E-state index in [-0.39, 0.29) is 22.9 Å². The minimum atomic E-state index is -3.78. The van der Waals surface area contributed by atoms with Crippen LogP contribution in [0.5, 0.6) is 11.5 Å². The van der Waals surface area contributed by atoms with Gasteiger partial charge in [0.25, 0.3) is 5.69 Å². The molecule has 1 N–H and O–H groups in total. The van der Waals surface area contributed by atoms with Gasteiger partial charge in [0, 0.05) is 13.1 Å². The normalized spacial score (nSPS) is 15.9. The van der Waals surface area contributed by atoms with Crippen LogP contribution in [0, 0.1) is 10.1 Å². The number of rotatable bonds is 2. The fraction of sp³-hybridized carbons (Fsp3) is 0.250. The maximum atomic E-state index is 12.7. The predicted octanol–water partition coefficient (Wildman–Crippen LogP) is 1.96. The summed E-state index contributed by atoms with van der Waals surface area (Å²) in [4.78, 5) is 9.92. The summed E-state index contributed by atoms with van der Waals surface area (Å²) < 4.78 is 33.6. The number of benzene rings is 1. The van der Waals surface area contributed by atoms with E-state index in [0.29, 0.717) is 0 Å². The van der Waals surface area contributed by atoms with Crippen molar-refractivity contribution in [1.82, 2.24) is 0 Å². The van der Waals surface area contributed by atoms with Crippen molar-refractivity contribution >= 4 is 11.4 Å². The van der Waals surface area contributed by atoms with Crippen LogP contribution in [0.1, 0.15) is 0 Å². The second-order valence-corrected chi connectivity index (χ2v) is 2.99. The lowest BCUT2D eigenvalue weighted by Gasteiger charge is -2.04. The van der Waals surface area contributed by atoms with E-state index in [1.807, 2.05) is 0 Å². The molecule has 16 heavy (non-hydrogen) atoms. The minimum absolute atomic E-state index is 0.0741. The summed E-state index contributed by atoms with van der Waals surface area (Å²) in [5.74, 6) is -0.587. The minimum Gasteiger partial charge on any atom is -0.395 e. The molecule has 0 aliphatic carbocycles. The van der Waals surface area contributed by atoms with Crippen LogP contribution in [0.4, 0.5) is 20.2 Å². The number of anilines is 1. The molecule has 0 saturated heterocycles. The number of fused-ring (bicyclic) bond motifs is 1. The molecule has 0 unspecified atom stereocenters. The van der Waals surface area contributed by atoms with Crippen molar-refractivity contribution in [3.63, 3.8) is 0 Å². The smallest absolute Gasteiger partial charge is 0.395 e. The van der Waals surface area contributed by atoms with Crippen molar-refractivity contribution in [2.24, 2.45) is 0 Å². The van der Waals surface area contributed by atoms with Crippen molar-refractivity contribution < 1.29 is 23.2 Å². The predicted molar refractivity (Wildman–Crippen MR) is 48.8 cm³/mol. The number of hydrogen-bond acceptors (Lipinski definition) is 5. The summed E-state index contributed by atoms with van der Waals surface area (Å²) in [5, 5.41) is 13.1. The van der Waals surface area contributed by atoms with Crippen LogP contribution in [0.25, 0.3) is 0 Å². The van der Waals surface area contributed by atoms with Gasteiger partial charge in [0.2, 0.25) is 0 Å². The van der Waals surface area contributed by atoms with E-state index < -0.39 is 11.2 Å². The quantitative estimate of drug-likeness (QED) is 0.623. The maximum absolute atomic E-state index is 12.7. The molecule has 0 atom stereocenters. The third kappa shape index (κ3) is 1.58. The molecule has 0 fully saturated rings. The fourth-order valence-electron chi connectivity index (χ4n) is 1.34. The number of nitrogens with zero attached hydrogens (tertiary/aromatic N) is 1. The largest absolute Gasteiger partial charge is 0.586 e. The molecule has 1 aliphatic rings. The SMILES string of the molecule is CNc1cc2c(cc1[N+](=O)[O-])OC(F)(F)O2. The Kier molecular flexibility index (Phi) is 2.07. The van der Waals surface area contributed by atoms with Crippen molar-refractivity contribution in [2.45, 2.75) is 6.29 Å². The number of ether oxygens (including phenoxy) is 2. The second kappa shape index (κ2) is 3.19. The molecule has 1 aromatic carbocycles. The Morgan fingerprint density at radius 1 is 1.38 bits per heavy atom. The molecule has 6 nitrogen and oxygen atoms in total. The molecule has 0 saturated carbocycles. The first-order valence-electron chi connectivity index (χ1n) is 4.19. The van der Waals surface area contributed by atoms with Crippen LogP contribution in [0.15, 0.2) is 12.1 Å². The van der Waals surface area contributed by atoms with E-state index in [1.165, 1.54) is 7.05 Å². The molecule has 0 radical (unpaired) electrons. The van der Waals surface area contributed by atoms with Gasteiger partial charge in [-0.05, 0) is 0 Å². The van der Waals surface area contributed by atoms with Gasteiger partial charge >= 0.3 is 6.29 Å². The Morgan fingerprint density at radius 3 is 2.44 bits per heavy atom. The van der Waals surface area contributed by atoms with Crippen LogP contribution in [-0.4, -0.2) is 18.3 Å². The lowest BCUT2D eigenvalue weighted by molar-refractivity contribution is -0.384. The zero-order valence-corrected chi connectivity index (χ0v) is 7.99. The van der Waals surface area contributed by atoms with Gasteiger partial charge in [-0.15, -0.1) is 8.78 Å². The van der Waals surface area contributed by atoms with Crippen molar-refractivity contribution in [1.29, 1.82) is 0 Å². The fourth-order valence-corrected chi connectivity index (χ4v) is 1.34. The number of halogens is 2.